The molecule has 0 radical (unpaired) electrons. The monoisotopic (exact) mass is 377 g/mol. The second kappa shape index (κ2) is 7.84. The number of hydrogen-bond donors (Lipinski definition) is 1. The second-order valence-corrected chi connectivity index (χ2v) is 6.42. The highest BCUT2D eigenvalue weighted by atomic mass is 19.4. The van der Waals surface area contributed by atoms with Gasteiger partial charge in [-0.05, 0) is 28.8 Å². The van der Waals surface area contributed by atoms with Crippen molar-refractivity contribution in [2.75, 3.05) is 13.1 Å². The second-order valence-electron chi connectivity index (χ2n) is 6.42. The van der Waals surface area contributed by atoms with Crippen LogP contribution in [0.2, 0.25) is 0 Å². The third kappa shape index (κ3) is 5.59. The Morgan fingerprint density at radius 2 is 1.78 bits per heavy atom. The van der Waals surface area contributed by atoms with E-state index in [1.165, 1.54) is 18.2 Å². The van der Waals surface area contributed by atoms with Gasteiger partial charge in [0.15, 0.2) is 0 Å². The number of carbonyl (C=O) groups is 1. The first-order valence-electron chi connectivity index (χ1n) is 8.36. The van der Waals surface area contributed by atoms with E-state index in [9.17, 15) is 18.0 Å². The summed E-state index contributed by atoms with van der Waals surface area (Å²) in [7, 11) is 0. The van der Waals surface area contributed by atoms with Gasteiger partial charge in [-0.3, -0.25) is 9.69 Å². The summed E-state index contributed by atoms with van der Waals surface area (Å²) < 4.78 is 40.7. The van der Waals surface area contributed by atoms with Gasteiger partial charge in [-0.1, -0.05) is 48.6 Å². The number of nitrogens with zero attached hydrogens (tertiary/aromatic N) is 1. The summed E-state index contributed by atoms with van der Waals surface area (Å²) in [5.41, 5.74) is 2.59. The lowest BCUT2D eigenvalue weighted by Gasteiger charge is -2.36. The normalized spacial score (nSPS) is 15.7. The van der Waals surface area contributed by atoms with E-state index >= 15 is 0 Å². The number of carboxylic acids is 1. The molecule has 3 rings (SSSR count). The van der Waals surface area contributed by atoms with Crippen molar-refractivity contribution in [2.24, 2.45) is 5.92 Å². The fourth-order valence-electron chi connectivity index (χ4n) is 2.86. The van der Waals surface area contributed by atoms with Crippen LogP contribution in [0.1, 0.15) is 16.7 Å². The van der Waals surface area contributed by atoms with Crippen LogP contribution in [0.4, 0.5) is 13.2 Å². The molecular formula is C20H18F3NO3. The van der Waals surface area contributed by atoms with Crippen LogP contribution in [0.5, 0.6) is 5.75 Å². The van der Waals surface area contributed by atoms with Gasteiger partial charge in [0.25, 0.3) is 0 Å². The highest BCUT2D eigenvalue weighted by Crippen LogP contribution is 2.24. The lowest BCUT2D eigenvalue weighted by Crippen LogP contribution is -2.49. The molecule has 0 amide bonds. The number of carboxylic acid groups (broad SMARTS) is 1. The van der Waals surface area contributed by atoms with Crippen molar-refractivity contribution in [1.82, 2.24) is 4.90 Å². The maximum atomic E-state index is 12.3. The summed E-state index contributed by atoms with van der Waals surface area (Å²) in [6, 6.07) is 13.5. The quantitative estimate of drug-likeness (QED) is 0.764. The first-order valence-corrected chi connectivity index (χ1v) is 8.36. The van der Waals surface area contributed by atoms with Crippen LogP contribution in [0.25, 0.3) is 12.2 Å². The molecular weight excluding hydrogens is 359 g/mol. The molecule has 7 heteroatoms. The topological polar surface area (TPSA) is 49.8 Å². The summed E-state index contributed by atoms with van der Waals surface area (Å²) >= 11 is 0. The zero-order valence-corrected chi connectivity index (χ0v) is 14.3. The summed E-state index contributed by atoms with van der Waals surface area (Å²) in [4.78, 5) is 12.9. The number of alkyl halides is 3. The molecule has 142 valence electrons. The Balaban J connectivity index is 1.57. The van der Waals surface area contributed by atoms with Crippen LogP contribution in [0.3, 0.4) is 0 Å². The number of rotatable bonds is 6. The molecule has 1 heterocycles. The molecule has 0 atom stereocenters. The number of aliphatic carboxylic acids is 1. The molecule has 2 aromatic rings. The van der Waals surface area contributed by atoms with Gasteiger partial charge in [-0.25, -0.2) is 0 Å². The van der Waals surface area contributed by atoms with Crippen molar-refractivity contribution in [1.29, 1.82) is 0 Å². The SMILES string of the molecule is O=C(O)C1CN(Cc2ccc(/C=C/c3cccc(OC(F)(F)F)c3)cc2)C1. The van der Waals surface area contributed by atoms with E-state index in [2.05, 4.69) is 9.64 Å². The molecule has 2 aromatic carbocycles. The largest absolute Gasteiger partial charge is 0.573 e. The fourth-order valence-corrected chi connectivity index (χ4v) is 2.86. The third-order valence-electron chi connectivity index (χ3n) is 4.25. The Bertz CT molecular complexity index is 825. The molecule has 1 fully saturated rings. The lowest BCUT2D eigenvalue weighted by atomic mass is 9.99. The van der Waals surface area contributed by atoms with E-state index in [0.29, 0.717) is 25.2 Å². The molecule has 1 saturated heterocycles. The molecule has 1 aliphatic rings. The van der Waals surface area contributed by atoms with Crippen molar-refractivity contribution in [3.8, 4) is 5.75 Å². The zero-order chi connectivity index (χ0) is 19.4. The Labute approximate surface area is 154 Å². The smallest absolute Gasteiger partial charge is 0.481 e. The van der Waals surface area contributed by atoms with Gasteiger partial charge in [-0.2, -0.15) is 0 Å². The number of benzene rings is 2. The standard InChI is InChI=1S/C20H18F3NO3/c21-20(22,23)27-18-3-1-2-15(10-18)7-4-14-5-8-16(9-6-14)11-24-12-17(13-24)19(25)26/h1-10,17H,11-13H2,(H,25,26)/b7-4+. The lowest BCUT2D eigenvalue weighted by molar-refractivity contribution is -0.274. The molecule has 1 aliphatic heterocycles. The van der Waals surface area contributed by atoms with E-state index in [1.54, 1.807) is 18.2 Å². The van der Waals surface area contributed by atoms with Gasteiger partial charge in [-0.15, -0.1) is 13.2 Å². The number of ether oxygens (including phenoxy) is 1. The van der Waals surface area contributed by atoms with Crippen LogP contribution < -0.4 is 4.74 Å². The van der Waals surface area contributed by atoms with Crippen LogP contribution in [0.15, 0.2) is 48.5 Å². The predicted molar refractivity (Wildman–Crippen MR) is 94.9 cm³/mol. The van der Waals surface area contributed by atoms with E-state index in [-0.39, 0.29) is 11.7 Å². The highest BCUT2D eigenvalue weighted by molar-refractivity contribution is 5.71. The van der Waals surface area contributed by atoms with Gasteiger partial charge < -0.3 is 9.84 Å². The first kappa shape index (κ1) is 19.0. The summed E-state index contributed by atoms with van der Waals surface area (Å²) in [5.74, 6) is -1.28. The molecule has 0 bridgehead atoms. The van der Waals surface area contributed by atoms with Crippen LogP contribution >= 0.6 is 0 Å². The van der Waals surface area contributed by atoms with E-state index < -0.39 is 12.3 Å². The minimum Gasteiger partial charge on any atom is -0.481 e. The zero-order valence-electron chi connectivity index (χ0n) is 14.3. The van der Waals surface area contributed by atoms with Gasteiger partial charge >= 0.3 is 12.3 Å². The van der Waals surface area contributed by atoms with E-state index in [1.807, 2.05) is 24.3 Å². The minimum atomic E-state index is -4.71. The van der Waals surface area contributed by atoms with Gasteiger partial charge in [0.2, 0.25) is 0 Å². The van der Waals surface area contributed by atoms with Crippen molar-refractivity contribution >= 4 is 18.1 Å². The molecule has 0 aliphatic carbocycles. The predicted octanol–water partition coefficient (Wildman–Crippen LogP) is 4.27. The van der Waals surface area contributed by atoms with Crippen molar-refractivity contribution < 1.29 is 27.8 Å². The molecule has 4 nitrogen and oxygen atoms in total. The van der Waals surface area contributed by atoms with Crippen LogP contribution in [-0.2, 0) is 11.3 Å². The van der Waals surface area contributed by atoms with Gasteiger partial charge in [0.05, 0.1) is 5.92 Å². The fraction of sp³-hybridized carbons (Fsp3) is 0.250. The summed E-state index contributed by atoms with van der Waals surface area (Å²) in [5, 5.41) is 8.88. The van der Waals surface area contributed by atoms with Crippen molar-refractivity contribution in [3.63, 3.8) is 0 Å². The van der Waals surface area contributed by atoms with Crippen LogP contribution in [0, 0.1) is 5.92 Å². The Hall–Kier alpha value is -2.80. The molecule has 0 aromatic heterocycles. The Kier molecular flexibility index (Phi) is 5.51. The average Bonchev–Trinajstić information content (AvgIpc) is 2.55. The van der Waals surface area contributed by atoms with Crippen molar-refractivity contribution in [3.05, 3.63) is 65.2 Å². The highest BCUT2D eigenvalue weighted by Gasteiger charge is 2.32. The molecule has 1 N–H and O–H groups in total. The summed E-state index contributed by atoms with van der Waals surface area (Å²) in [6.45, 7) is 1.82. The maximum Gasteiger partial charge on any atom is 0.573 e. The van der Waals surface area contributed by atoms with Gasteiger partial charge in [0, 0.05) is 19.6 Å². The Morgan fingerprint density at radius 1 is 1.11 bits per heavy atom. The van der Waals surface area contributed by atoms with E-state index in [0.717, 1.165) is 11.1 Å². The van der Waals surface area contributed by atoms with Crippen LogP contribution in [-0.4, -0.2) is 35.4 Å². The molecule has 27 heavy (non-hydrogen) atoms. The number of hydrogen-bond acceptors (Lipinski definition) is 3. The molecule has 0 saturated carbocycles. The minimum absolute atomic E-state index is 0.255. The summed E-state index contributed by atoms with van der Waals surface area (Å²) in [6.07, 6.45) is -1.19. The maximum absolute atomic E-state index is 12.3. The van der Waals surface area contributed by atoms with E-state index in [4.69, 9.17) is 5.11 Å². The van der Waals surface area contributed by atoms with Gasteiger partial charge in [0.1, 0.15) is 5.75 Å². The first-order chi connectivity index (χ1) is 12.8. The molecule has 0 spiro atoms. The van der Waals surface area contributed by atoms with Crippen molar-refractivity contribution in [2.45, 2.75) is 12.9 Å². The third-order valence-corrected chi connectivity index (χ3v) is 4.25. The number of likely N-dealkylation sites (tertiary alicyclic amines) is 1. The molecule has 0 unspecified atom stereocenters. The Morgan fingerprint density at radius 3 is 2.41 bits per heavy atom. The average molecular weight is 377 g/mol. The number of halogens is 3.